The van der Waals surface area contributed by atoms with Crippen LogP contribution in [0.4, 0.5) is 5.82 Å². The Labute approximate surface area is 172 Å². The van der Waals surface area contributed by atoms with E-state index in [2.05, 4.69) is 9.98 Å². The third kappa shape index (κ3) is 3.37. The number of hydrogen-bond donors (Lipinski definition) is 1. The van der Waals surface area contributed by atoms with Crippen molar-refractivity contribution in [3.63, 3.8) is 0 Å². The molecule has 30 heavy (non-hydrogen) atoms. The monoisotopic (exact) mass is 401 g/mol. The highest BCUT2D eigenvalue weighted by molar-refractivity contribution is 6.02. The molecule has 2 heterocycles. The molecular weight excluding hydrogens is 382 g/mol. The summed E-state index contributed by atoms with van der Waals surface area (Å²) in [5, 5.41) is 12.1. The third-order valence-corrected chi connectivity index (χ3v) is 4.70. The molecule has 150 valence electrons. The highest BCUT2D eigenvalue weighted by Gasteiger charge is 2.17. The molecular formula is C23H19N3O4. The van der Waals surface area contributed by atoms with Gasteiger partial charge in [0.15, 0.2) is 17.3 Å². The summed E-state index contributed by atoms with van der Waals surface area (Å²) < 4.78 is 11.8. The van der Waals surface area contributed by atoms with Crippen LogP contribution in [0.5, 0.6) is 17.4 Å². The van der Waals surface area contributed by atoms with Crippen molar-refractivity contribution in [2.75, 3.05) is 14.2 Å². The smallest absolute Gasteiger partial charge is 0.265 e. The van der Waals surface area contributed by atoms with Gasteiger partial charge in [0.1, 0.15) is 0 Å². The molecule has 7 heteroatoms. The van der Waals surface area contributed by atoms with Crippen molar-refractivity contribution in [1.29, 1.82) is 0 Å². The summed E-state index contributed by atoms with van der Waals surface area (Å²) in [5.41, 5.74) is 0.490. The molecule has 0 radical (unpaired) electrons. The van der Waals surface area contributed by atoms with Gasteiger partial charge in [0.05, 0.1) is 25.5 Å². The number of fused-ring (bicyclic) bond motifs is 1. The quantitative estimate of drug-likeness (QED) is 0.513. The highest BCUT2D eigenvalue weighted by atomic mass is 16.5. The largest absolute Gasteiger partial charge is 0.494 e. The molecule has 1 N–H and O–H groups in total. The Hall–Kier alpha value is -4.13. The topological polar surface area (TPSA) is 85.9 Å². The summed E-state index contributed by atoms with van der Waals surface area (Å²) in [6.07, 6.45) is 3.14. The fourth-order valence-electron chi connectivity index (χ4n) is 3.25. The Bertz CT molecular complexity index is 1300. The predicted octanol–water partition coefficient (Wildman–Crippen LogP) is 3.86. The number of benzene rings is 2. The van der Waals surface area contributed by atoms with Gasteiger partial charge in [-0.1, -0.05) is 24.3 Å². The Morgan fingerprint density at radius 1 is 0.967 bits per heavy atom. The van der Waals surface area contributed by atoms with E-state index in [1.54, 1.807) is 60.8 Å². The molecule has 0 saturated carbocycles. The second kappa shape index (κ2) is 8.08. The van der Waals surface area contributed by atoms with E-state index in [4.69, 9.17) is 9.47 Å². The van der Waals surface area contributed by atoms with Crippen LogP contribution < -0.4 is 15.0 Å². The summed E-state index contributed by atoms with van der Waals surface area (Å²) in [6.45, 7) is 0. The molecule has 0 unspecified atom stereocenters. The first-order valence-electron chi connectivity index (χ1n) is 9.18. The van der Waals surface area contributed by atoms with E-state index in [1.165, 1.54) is 25.0 Å². The number of rotatable bonds is 5. The van der Waals surface area contributed by atoms with Crippen LogP contribution in [0.25, 0.3) is 16.5 Å². The average Bonchev–Trinajstić information content (AvgIpc) is 2.79. The first-order valence-corrected chi connectivity index (χ1v) is 9.18. The molecule has 0 bridgehead atoms. The summed E-state index contributed by atoms with van der Waals surface area (Å²) >= 11 is 0. The molecule has 0 spiro atoms. The van der Waals surface area contributed by atoms with Gasteiger partial charge in [0, 0.05) is 29.3 Å². The number of aliphatic imine (C=N–C) groups is 1. The van der Waals surface area contributed by atoms with Crippen molar-refractivity contribution in [3.8, 4) is 23.1 Å². The number of methoxy groups -OCH3 is 2. The Morgan fingerprint density at radius 3 is 2.40 bits per heavy atom. The van der Waals surface area contributed by atoms with Crippen molar-refractivity contribution >= 4 is 22.8 Å². The summed E-state index contributed by atoms with van der Waals surface area (Å²) in [6, 6.07) is 17.4. The van der Waals surface area contributed by atoms with Gasteiger partial charge in [0.2, 0.25) is 5.88 Å². The minimum absolute atomic E-state index is 0.231. The fourth-order valence-corrected chi connectivity index (χ4v) is 3.25. The van der Waals surface area contributed by atoms with E-state index in [9.17, 15) is 9.90 Å². The zero-order valence-electron chi connectivity index (χ0n) is 16.4. The maximum absolute atomic E-state index is 13.2. The van der Waals surface area contributed by atoms with Crippen molar-refractivity contribution in [3.05, 3.63) is 82.8 Å². The second-order valence-corrected chi connectivity index (χ2v) is 6.41. The SMILES string of the molecule is COc1ccc(-n2c(O)c(/C=N/c3ccccn3)c3ccccc3c2=O)cc1OC. The zero-order valence-corrected chi connectivity index (χ0v) is 16.4. The van der Waals surface area contributed by atoms with Gasteiger partial charge in [-0.3, -0.25) is 4.79 Å². The minimum atomic E-state index is -0.356. The molecule has 0 saturated heterocycles. The minimum Gasteiger partial charge on any atom is -0.494 e. The fraction of sp³-hybridized carbons (Fsp3) is 0.0870. The lowest BCUT2D eigenvalue weighted by atomic mass is 10.1. The Morgan fingerprint density at radius 2 is 1.70 bits per heavy atom. The molecule has 0 aliphatic carbocycles. The normalized spacial score (nSPS) is 11.1. The van der Waals surface area contributed by atoms with E-state index in [-0.39, 0.29) is 11.4 Å². The van der Waals surface area contributed by atoms with Gasteiger partial charge < -0.3 is 14.6 Å². The molecule has 0 aliphatic rings. The molecule has 4 rings (SSSR count). The summed E-state index contributed by atoms with van der Waals surface area (Å²) in [5.74, 6) is 1.22. The maximum Gasteiger partial charge on any atom is 0.265 e. The maximum atomic E-state index is 13.2. The van der Waals surface area contributed by atoms with Gasteiger partial charge in [0.25, 0.3) is 5.56 Å². The molecule has 4 aromatic rings. The number of hydrogen-bond acceptors (Lipinski definition) is 6. The molecule has 0 fully saturated rings. The van der Waals surface area contributed by atoms with Gasteiger partial charge >= 0.3 is 0 Å². The highest BCUT2D eigenvalue weighted by Crippen LogP contribution is 2.32. The van der Waals surface area contributed by atoms with Gasteiger partial charge in [-0.15, -0.1) is 0 Å². The molecule has 2 aromatic carbocycles. The number of aromatic hydroxyl groups is 1. The number of ether oxygens (including phenoxy) is 2. The molecule has 2 aromatic heterocycles. The van der Waals surface area contributed by atoms with Crippen molar-refractivity contribution < 1.29 is 14.6 Å². The van der Waals surface area contributed by atoms with Crippen LogP contribution in [0, 0.1) is 0 Å². The van der Waals surface area contributed by atoms with Crippen LogP contribution in [0.1, 0.15) is 5.56 Å². The zero-order chi connectivity index (χ0) is 21.1. The van der Waals surface area contributed by atoms with Crippen molar-refractivity contribution in [1.82, 2.24) is 9.55 Å². The number of aromatic nitrogens is 2. The van der Waals surface area contributed by atoms with Gasteiger partial charge in [-0.25, -0.2) is 14.5 Å². The Kier molecular flexibility index (Phi) is 5.17. The standard InChI is InChI=1S/C23H19N3O4/c1-29-19-11-10-15(13-20(19)30-2)26-22(27)17-8-4-3-7-16(17)18(23(26)28)14-25-21-9-5-6-12-24-21/h3-14,28H,1-2H3/b25-14+. The number of pyridine rings is 2. The van der Waals surface area contributed by atoms with E-state index >= 15 is 0 Å². The van der Waals surface area contributed by atoms with E-state index < -0.39 is 0 Å². The van der Waals surface area contributed by atoms with Crippen LogP contribution in [0.3, 0.4) is 0 Å². The van der Waals surface area contributed by atoms with E-state index in [1.807, 2.05) is 6.07 Å². The lowest BCUT2D eigenvalue weighted by molar-refractivity contribution is 0.354. The summed E-state index contributed by atoms with van der Waals surface area (Å²) in [7, 11) is 3.04. The van der Waals surface area contributed by atoms with E-state index in [0.29, 0.717) is 39.3 Å². The van der Waals surface area contributed by atoms with Crippen molar-refractivity contribution in [2.45, 2.75) is 0 Å². The molecule has 7 nitrogen and oxygen atoms in total. The number of nitrogens with zero attached hydrogens (tertiary/aromatic N) is 3. The molecule has 0 aliphatic heterocycles. The van der Waals surface area contributed by atoms with Crippen LogP contribution in [-0.4, -0.2) is 35.1 Å². The first-order chi connectivity index (χ1) is 14.6. The lowest BCUT2D eigenvalue weighted by Crippen LogP contribution is -2.20. The van der Waals surface area contributed by atoms with Crippen molar-refractivity contribution in [2.24, 2.45) is 4.99 Å². The lowest BCUT2D eigenvalue weighted by Gasteiger charge is -2.15. The summed E-state index contributed by atoms with van der Waals surface area (Å²) in [4.78, 5) is 21.7. The first kappa shape index (κ1) is 19.2. The van der Waals surface area contributed by atoms with Crippen LogP contribution in [0.15, 0.2) is 76.6 Å². The molecule has 0 atom stereocenters. The predicted molar refractivity (Wildman–Crippen MR) is 116 cm³/mol. The van der Waals surface area contributed by atoms with Gasteiger partial charge in [-0.2, -0.15) is 0 Å². The van der Waals surface area contributed by atoms with Gasteiger partial charge in [-0.05, 0) is 30.3 Å². The van der Waals surface area contributed by atoms with Crippen LogP contribution in [0.2, 0.25) is 0 Å². The average molecular weight is 401 g/mol. The third-order valence-electron chi connectivity index (χ3n) is 4.70. The molecule has 0 amide bonds. The van der Waals surface area contributed by atoms with E-state index in [0.717, 1.165) is 0 Å². The Balaban J connectivity index is 1.98. The van der Waals surface area contributed by atoms with Crippen LogP contribution >= 0.6 is 0 Å². The van der Waals surface area contributed by atoms with Crippen LogP contribution in [-0.2, 0) is 0 Å². The second-order valence-electron chi connectivity index (χ2n) is 6.41.